The lowest BCUT2D eigenvalue weighted by Gasteiger charge is -2.28. The molecule has 2 aromatic carbocycles. The van der Waals surface area contributed by atoms with Crippen LogP contribution in [0.15, 0.2) is 41.2 Å². The van der Waals surface area contributed by atoms with Gasteiger partial charge in [-0.05, 0) is 70.5 Å². The van der Waals surface area contributed by atoms with Crippen LogP contribution in [0.4, 0.5) is 5.69 Å². The summed E-state index contributed by atoms with van der Waals surface area (Å²) in [5.74, 6) is 1.39. The highest BCUT2D eigenvalue weighted by atomic mass is 16.5. The number of hydrogen-bond donors (Lipinski definition) is 2. The van der Waals surface area contributed by atoms with E-state index in [1.165, 1.54) is 0 Å². The number of para-hydroxylation sites is 1. The molecule has 0 unspecified atom stereocenters. The number of aromatic amines is 1. The van der Waals surface area contributed by atoms with Crippen LogP contribution in [0.3, 0.4) is 0 Å². The van der Waals surface area contributed by atoms with Crippen molar-refractivity contribution in [3.8, 4) is 11.5 Å². The zero-order valence-electron chi connectivity index (χ0n) is 20.4. The highest BCUT2D eigenvalue weighted by Crippen LogP contribution is 2.35. The third-order valence-electron chi connectivity index (χ3n) is 6.62. The first-order valence-electron chi connectivity index (χ1n) is 11.8. The molecule has 182 valence electrons. The van der Waals surface area contributed by atoms with Crippen molar-refractivity contribution in [2.45, 2.75) is 38.6 Å². The van der Waals surface area contributed by atoms with Crippen molar-refractivity contribution in [1.29, 1.82) is 0 Å². The molecule has 1 aromatic heterocycles. The summed E-state index contributed by atoms with van der Waals surface area (Å²) in [5.41, 5.74) is 3.23. The number of fused-ring (bicyclic) bond motifs is 1. The molecule has 1 amide bonds. The number of imidazole rings is 1. The predicted molar refractivity (Wildman–Crippen MR) is 134 cm³/mol. The van der Waals surface area contributed by atoms with Gasteiger partial charge in [0.15, 0.2) is 0 Å². The summed E-state index contributed by atoms with van der Waals surface area (Å²) >= 11 is 0. The number of methoxy groups -OCH3 is 1. The minimum atomic E-state index is -0.127. The molecule has 1 saturated carbocycles. The molecule has 0 aliphatic heterocycles. The number of nitrogens with zero attached hydrogens (tertiary/aromatic N) is 2. The van der Waals surface area contributed by atoms with Gasteiger partial charge in [0.05, 0.1) is 12.6 Å². The molecule has 8 heteroatoms. The predicted octanol–water partition coefficient (Wildman–Crippen LogP) is 3.96. The molecule has 1 aliphatic rings. The van der Waals surface area contributed by atoms with Crippen molar-refractivity contribution in [3.05, 3.63) is 52.4 Å². The second-order valence-electron chi connectivity index (χ2n) is 9.28. The monoisotopic (exact) mass is 466 g/mol. The number of H-pyrrole nitrogens is 1. The van der Waals surface area contributed by atoms with Crippen LogP contribution in [0.25, 0.3) is 11.0 Å². The number of hydrogen-bond acceptors (Lipinski definition) is 5. The Kier molecular flexibility index (Phi) is 7.26. The molecule has 0 radical (unpaired) electrons. The van der Waals surface area contributed by atoms with Crippen LogP contribution < -0.4 is 20.5 Å². The van der Waals surface area contributed by atoms with Gasteiger partial charge >= 0.3 is 5.69 Å². The molecular weight excluding hydrogens is 432 g/mol. The number of aromatic nitrogens is 2. The Morgan fingerprint density at radius 3 is 2.62 bits per heavy atom. The van der Waals surface area contributed by atoms with Gasteiger partial charge in [-0.25, -0.2) is 4.79 Å². The number of likely N-dealkylation sites (N-methyl/N-ethyl adjacent to an activating group) is 1. The lowest BCUT2D eigenvalue weighted by molar-refractivity contribution is -0.121. The summed E-state index contributed by atoms with van der Waals surface area (Å²) < 4.78 is 13.1. The number of ether oxygens (including phenoxy) is 2. The molecule has 3 aromatic rings. The fourth-order valence-electron chi connectivity index (χ4n) is 4.68. The van der Waals surface area contributed by atoms with Gasteiger partial charge < -0.3 is 24.7 Å². The number of anilines is 1. The normalized spacial score (nSPS) is 18.3. The van der Waals surface area contributed by atoms with E-state index in [-0.39, 0.29) is 23.6 Å². The minimum Gasteiger partial charge on any atom is -0.496 e. The van der Waals surface area contributed by atoms with Crippen LogP contribution >= 0.6 is 0 Å². The van der Waals surface area contributed by atoms with Crippen LogP contribution in [-0.2, 0) is 4.79 Å². The van der Waals surface area contributed by atoms with Crippen LogP contribution in [0, 0.1) is 12.8 Å². The Bertz CT molecular complexity index is 1210. The van der Waals surface area contributed by atoms with Crippen LogP contribution in [-0.4, -0.2) is 54.7 Å². The zero-order chi connectivity index (χ0) is 24.2. The number of carbonyl (C=O) groups is 1. The molecule has 2 N–H and O–H groups in total. The van der Waals surface area contributed by atoms with Gasteiger partial charge in [0.25, 0.3) is 0 Å². The Morgan fingerprint density at radius 1 is 1.15 bits per heavy atom. The van der Waals surface area contributed by atoms with Gasteiger partial charge in [-0.15, -0.1) is 0 Å². The Balaban J connectivity index is 1.43. The largest absolute Gasteiger partial charge is 0.496 e. The molecule has 4 rings (SSSR count). The highest BCUT2D eigenvalue weighted by Gasteiger charge is 2.29. The molecule has 1 aliphatic carbocycles. The lowest BCUT2D eigenvalue weighted by Crippen LogP contribution is -2.31. The van der Waals surface area contributed by atoms with Gasteiger partial charge in [-0.1, -0.05) is 12.1 Å². The number of rotatable bonds is 8. The Labute approximate surface area is 199 Å². The van der Waals surface area contributed by atoms with Gasteiger partial charge in [0, 0.05) is 30.3 Å². The van der Waals surface area contributed by atoms with Crippen molar-refractivity contribution in [1.82, 2.24) is 14.5 Å². The van der Waals surface area contributed by atoms with E-state index in [2.05, 4.69) is 15.2 Å². The molecule has 0 bridgehead atoms. The van der Waals surface area contributed by atoms with E-state index in [1.807, 2.05) is 62.0 Å². The van der Waals surface area contributed by atoms with Gasteiger partial charge in [0.2, 0.25) is 5.91 Å². The minimum absolute atomic E-state index is 0.0206. The second kappa shape index (κ2) is 10.3. The summed E-state index contributed by atoms with van der Waals surface area (Å²) in [6.45, 7) is 3.31. The Morgan fingerprint density at radius 2 is 1.91 bits per heavy atom. The first-order valence-corrected chi connectivity index (χ1v) is 11.8. The maximum absolute atomic E-state index is 12.9. The van der Waals surface area contributed by atoms with Gasteiger partial charge in [-0.2, -0.15) is 0 Å². The van der Waals surface area contributed by atoms with Crippen molar-refractivity contribution >= 4 is 22.6 Å². The summed E-state index contributed by atoms with van der Waals surface area (Å²) in [4.78, 5) is 30.8. The molecule has 34 heavy (non-hydrogen) atoms. The van der Waals surface area contributed by atoms with E-state index in [0.29, 0.717) is 12.4 Å². The fourth-order valence-corrected chi connectivity index (χ4v) is 4.68. The number of benzene rings is 2. The van der Waals surface area contributed by atoms with Crippen LogP contribution in [0.2, 0.25) is 0 Å². The van der Waals surface area contributed by atoms with Crippen LogP contribution in [0.1, 0.15) is 37.3 Å². The number of nitrogens with one attached hydrogen (secondary N) is 2. The molecular formula is C26H34N4O4. The van der Waals surface area contributed by atoms with E-state index >= 15 is 0 Å². The Hall–Kier alpha value is -3.26. The summed E-state index contributed by atoms with van der Waals surface area (Å²) in [6.07, 6.45) is 3.01. The van der Waals surface area contributed by atoms with Gasteiger partial charge in [0.1, 0.15) is 23.6 Å². The number of amides is 1. The van der Waals surface area contributed by atoms with Crippen LogP contribution in [0.5, 0.6) is 11.5 Å². The van der Waals surface area contributed by atoms with E-state index in [0.717, 1.165) is 60.3 Å². The van der Waals surface area contributed by atoms with Crippen molar-refractivity contribution in [2.24, 2.45) is 5.92 Å². The quantitative estimate of drug-likeness (QED) is 0.525. The smallest absolute Gasteiger partial charge is 0.326 e. The second-order valence-corrected chi connectivity index (χ2v) is 9.28. The third-order valence-corrected chi connectivity index (χ3v) is 6.62. The molecule has 1 fully saturated rings. The molecule has 0 spiro atoms. The lowest BCUT2D eigenvalue weighted by atomic mass is 9.85. The van der Waals surface area contributed by atoms with Crippen molar-refractivity contribution in [3.63, 3.8) is 0 Å². The average molecular weight is 467 g/mol. The maximum Gasteiger partial charge on any atom is 0.326 e. The summed E-state index contributed by atoms with van der Waals surface area (Å²) in [7, 11) is 5.62. The van der Waals surface area contributed by atoms with E-state index in [1.54, 1.807) is 7.11 Å². The fraction of sp³-hybridized carbons (Fsp3) is 0.462. The number of aryl methyl sites for hydroxylation is 1. The first kappa shape index (κ1) is 23.9. The summed E-state index contributed by atoms with van der Waals surface area (Å²) in [5, 5.41) is 3.03. The molecule has 1 heterocycles. The average Bonchev–Trinajstić information content (AvgIpc) is 3.16. The molecule has 0 atom stereocenters. The zero-order valence-corrected chi connectivity index (χ0v) is 20.4. The van der Waals surface area contributed by atoms with E-state index in [4.69, 9.17) is 9.47 Å². The molecule has 0 saturated heterocycles. The highest BCUT2D eigenvalue weighted by molar-refractivity contribution is 5.92. The number of carbonyl (C=O) groups excluding carboxylic acids is 1. The standard InChI is InChI=1S/C26H34N4O4/c1-17-8-11-19(16-23(17)33-4)27-25(31)18-9-12-20(13-10-18)30-21-6-5-7-22(24(21)28-26(30)32)34-15-14-29(2)3/h5-8,11,16,18,20H,9-10,12-15H2,1-4H3,(H,27,31)(H,28,32)/t18-,20+. The third kappa shape index (κ3) is 5.12. The van der Waals surface area contributed by atoms with Crippen molar-refractivity contribution < 1.29 is 14.3 Å². The van der Waals surface area contributed by atoms with E-state index < -0.39 is 0 Å². The maximum atomic E-state index is 12.9. The van der Waals surface area contributed by atoms with E-state index in [9.17, 15) is 9.59 Å². The van der Waals surface area contributed by atoms with Crippen molar-refractivity contribution in [2.75, 3.05) is 39.7 Å². The summed E-state index contributed by atoms with van der Waals surface area (Å²) in [6, 6.07) is 11.5. The topological polar surface area (TPSA) is 88.6 Å². The molecule has 8 nitrogen and oxygen atoms in total. The van der Waals surface area contributed by atoms with Gasteiger partial charge in [-0.3, -0.25) is 9.36 Å². The first-order chi connectivity index (χ1) is 16.4. The SMILES string of the molecule is COc1cc(NC(=O)[C@H]2CC[C@@H](n3c(=O)[nH]c4c(OCCN(C)C)cccc43)CC2)ccc1C.